The number of hydrogen-bond donors (Lipinski definition) is 0. The van der Waals surface area contributed by atoms with E-state index in [-0.39, 0.29) is 11.3 Å². The molecule has 0 unspecified atom stereocenters. The maximum Gasteiger partial charge on any atom is 0.233 e. The van der Waals surface area contributed by atoms with Gasteiger partial charge in [0.2, 0.25) is 5.91 Å². The highest BCUT2D eigenvalue weighted by atomic mass is 32.2. The van der Waals surface area contributed by atoms with Crippen LogP contribution >= 0.6 is 23.1 Å². The minimum absolute atomic E-state index is 0.0178. The molecule has 1 amide bonds. The average Bonchev–Trinajstić information content (AvgIpc) is 3.53. The Morgan fingerprint density at radius 1 is 0.967 bits per heavy atom. The van der Waals surface area contributed by atoms with Crippen molar-refractivity contribution in [1.29, 1.82) is 0 Å². The van der Waals surface area contributed by atoms with Crippen molar-refractivity contribution in [2.75, 3.05) is 12.3 Å². The van der Waals surface area contributed by atoms with Crippen LogP contribution in [0.3, 0.4) is 0 Å². The topological polar surface area (TPSA) is 38.1 Å². The molecule has 1 aliphatic heterocycles. The SMILES string of the molecule is O=C1CS[C@@H](c2cn(-c3ccccc3)nc2-c2cccs2)N1CCc1ccccc1. The zero-order valence-electron chi connectivity index (χ0n) is 16.3. The van der Waals surface area contributed by atoms with E-state index in [2.05, 4.69) is 41.9 Å². The minimum atomic E-state index is -0.0178. The molecule has 1 atom stereocenters. The molecule has 30 heavy (non-hydrogen) atoms. The van der Waals surface area contributed by atoms with Gasteiger partial charge in [0.05, 0.1) is 16.3 Å². The van der Waals surface area contributed by atoms with E-state index in [1.807, 2.05) is 52.0 Å². The third-order valence-corrected chi connectivity index (χ3v) is 7.35. The second-order valence-electron chi connectivity index (χ2n) is 7.18. The fraction of sp³-hybridized carbons (Fsp3) is 0.167. The summed E-state index contributed by atoms with van der Waals surface area (Å²) in [7, 11) is 0. The summed E-state index contributed by atoms with van der Waals surface area (Å²) in [6, 6.07) is 24.6. The molecule has 0 radical (unpaired) electrons. The minimum Gasteiger partial charge on any atom is -0.325 e. The lowest BCUT2D eigenvalue weighted by Crippen LogP contribution is -2.30. The molecule has 4 aromatic rings. The Bertz CT molecular complexity index is 1120. The third kappa shape index (κ3) is 3.80. The number of rotatable bonds is 6. The Kier molecular flexibility index (Phi) is 5.43. The molecule has 1 fully saturated rings. The van der Waals surface area contributed by atoms with Gasteiger partial charge in [-0.3, -0.25) is 4.79 Å². The molecule has 2 aromatic carbocycles. The van der Waals surface area contributed by atoms with Gasteiger partial charge in [-0.15, -0.1) is 23.1 Å². The maximum atomic E-state index is 12.7. The molecule has 0 saturated carbocycles. The van der Waals surface area contributed by atoms with Crippen molar-refractivity contribution in [3.05, 3.63) is 95.5 Å². The number of amides is 1. The van der Waals surface area contributed by atoms with Crippen LogP contribution in [0.5, 0.6) is 0 Å². The van der Waals surface area contributed by atoms with Crippen molar-refractivity contribution in [2.45, 2.75) is 11.8 Å². The largest absolute Gasteiger partial charge is 0.325 e. The summed E-state index contributed by atoms with van der Waals surface area (Å²) < 4.78 is 1.93. The lowest BCUT2D eigenvalue weighted by molar-refractivity contribution is -0.128. The monoisotopic (exact) mass is 431 g/mol. The second kappa shape index (κ2) is 8.50. The first-order valence-corrected chi connectivity index (χ1v) is 11.9. The van der Waals surface area contributed by atoms with Gasteiger partial charge in [-0.25, -0.2) is 4.68 Å². The fourth-order valence-corrected chi connectivity index (χ4v) is 5.69. The standard InChI is InChI=1S/C24H21N3OS2/c28-22-17-30-24(26(22)14-13-18-8-3-1-4-9-18)20-16-27(19-10-5-2-6-11-19)25-23(20)21-12-7-15-29-21/h1-12,15-16,24H,13-14,17H2/t24-/m0/s1. The first kappa shape index (κ1) is 19.2. The Labute approximate surface area is 184 Å². The van der Waals surface area contributed by atoms with E-state index >= 15 is 0 Å². The summed E-state index contributed by atoms with van der Waals surface area (Å²) in [6.45, 7) is 0.709. The number of thioether (sulfide) groups is 1. The third-order valence-electron chi connectivity index (χ3n) is 5.24. The number of para-hydroxylation sites is 1. The van der Waals surface area contributed by atoms with Gasteiger partial charge < -0.3 is 4.90 Å². The number of hydrogen-bond acceptors (Lipinski definition) is 4. The van der Waals surface area contributed by atoms with Gasteiger partial charge in [0, 0.05) is 18.3 Å². The van der Waals surface area contributed by atoms with Crippen molar-refractivity contribution < 1.29 is 4.79 Å². The predicted octanol–water partition coefficient (Wildman–Crippen LogP) is 5.42. The summed E-state index contributed by atoms with van der Waals surface area (Å²) in [6.07, 6.45) is 2.95. The molecule has 5 rings (SSSR count). The Morgan fingerprint density at radius 3 is 2.47 bits per heavy atom. The highest BCUT2D eigenvalue weighted by Gasteiger charge is 2.35. The first-order chi connectivity index (χ1) is 14.8. The van der Waals surface area contributed by atoms with E-state index in [0.717, 1.165) is 28.2 Å². The zero-order valence-corrected chi connectivity index (χ0v) is 18.0. The van der Waals surface area contributed by atoms with Crippen LogP contribution < -0.4 is 0 Å². The first-order valence-electron chi connectivity index (χ1n) is 9.93. The second-order valence-corrected chi connectivity index (χ2v) is 9.19. The summed E-state index contributed by atoms with van der Waals surface area (Å²) in [5.41, 5.74) is 4.34. The van der Waals surface area contributed by atoms with E-state index in [1.165, 1.54) is 5.56 Å². The molecular weight excluding hydrogens is 410 g/mol. The Hall–Kier alpha value is -2.83. The molecule has 0 aliphatic carbocycles. The van der Waals surface area contributed by atoms with Crippen LogP contribution in [-0.4, -0.2) is 32.9 Å². The van der Waals surface area contributed by atoms with Crippen molar-refractivity contribution in [1.82, 2.24) is 14.7 Å². The van der Waals surface area contributed by atoms with Gasteiger partial charge in [0.1, 0.15) is 11.1 Å². The van der Waals surface area contributed by atoms with E-state index in [1.54, 1.807) is 23.1 Å². The summed E-state index contributed by atoms with van der Waals surface area (Å²) in [4.78, 5) is 15.9. The van der Waals surface area contributed by atoms with Gasteiger partial charge in [-0.1, -0.05) is 54.6 Å². The van der Waals surface area contributed by atoms with Crippen LogP contribution in [-0.2, 0) is 11.2 Å². The van der Waals surface area contributed by atoms with Crippen LogP contribution in [0.25, 0.3) is 16.3 Å². The molecule has 0 spiro atoms. The molecule has 150 valence electrons. The number of thiophene rings is 1. The van der Waals surface area contributed by atoms with Crippen LogP contribution in [0.15, 0.2) is 84.4 Å². The van der Waals surface area contributed by atoms with E-state index < -0.39 is 0 Å². The Morgan fingerprint density at radius 2 is 1.73 bits per heavy atom. The molecule has 4 nitrogen and oxygen atoms in total. The van der Waals surface area contributed by atoms with Crippen LogP contribution in [0.2, 0.25) is 0 Å². The zero-order chi connectivity index (χ0) is 20.3. The van der Waals surface area contributed by atoms with Gasteiger partial charge in [0.25, 0.3) is 0 Å². The molecular formula is C24H21N3OS2. The van der Waals surface area contributed by atoms with E-state index in [0.29, 0.717) is 12.3 Å². The lowest BCUT2D eigenvalue weighted by Gasteiger charge is -2.24. The van der Waals surface area contributed by atoms with Crippen molar-refractivity contribution in [2.24, 2.45) is 0 Å². The van der Waals surface area contributed by atoms with Gasteiger partial charge in [-0.2, -0.15) is 5.10 Å². The Balaban J connectivity index is 1.49. The molecule has 1 saturated heterocycles. The summed E-state index contributed by atoms with van der Waals surface area (Å²) in [5.74, 6) is 0.713. The maximum absolute atomic E-state index is 12.7. The highest BCUT2D eigenvalue weighted by Crippen LogP contribution is 2.43. The van der Waals surface area contributed by atoms with Crippen molar-refractivity contribution in [3.63, 3.8) is 0 Å². The van der Waals surface area contributed by atoms with Crippen molar-refractivity contribution in [3.8, 4) is 16.3 Å². The van der Waals surface area contributed by atoms with Gasteiger partial charge >= 0.3 is 0 Å². The van der Waals surface area contributed by atoms with Gasteiger partial charge in [-0.05, 0) is 35.6 Å². The average molecular weight is 432 g/mol. The summed E-state index contributed by atoms with van der Waals surface area (Å²) >= 11 is 3.38. The number of nitrogens with zero attached hydrogens (tertiary/aromatic N) is 3. The number of aromatic nitrogens is 2. The quantitative estimate of drug-likeness (QED) is 0.409. The fourth-order valence-electron chi connectivity index (χ4n) is 3.73. The van der Waals surface area contributed by atoms with Crippen LogP contribution in [0, 0.1) is 0 Å². The van der Waals surface area contributed by atoms with Crippen LogP contribution in [0.1, 0.15) is 16.5 Å². The normalized spacial score (nSPS) is 16.3. The van der Waals surface area contributed by atoms with E-state index in [9.17, 15) is 4.79 Å². The van der Waals surface area contributed by atoms with E-state index in [4.69, 9.17) is 5.10 Å². The molecule has 2 aromatic heterocycles. The molecule has 0 N–H and O–H groups in total. The molecule has 0 bridgehead atoms. The number of benzene rings is 2. The van der Waals surface area contributed by atoms with Crippen LogP contribution in [0.4, 0.5) is 0 Å². The highest BCUT2D eigenvalue weighted by molar-refractivity contribution is 8.00. The summed E-state index contributed by atoms with van der Waals surface area (Å²) in [5, 5.41) is 6.97. The number of carbonyl (C=O) groups is 1. The molecule has 1 aliphatic rings. The lowest BCUT2D eigenvalue weighted by atomic mass is 10.1. The smallest absolute Gasteiger partial charge is 0.233 e. The van der Waals surface area contributed by atoms with Gasteiger partial charge in [0.15, 0.2) is 0 Å². The predicted molar refractivity (Wildman–Crippen MR) is 124 cm³/mol. The number of carbonyl (C=O) groups excluding carboxylic acids is 1. The molecule has 3 heterocycles. The molecule has 6 heteroatoms. The van der Waals surface area contributed by atoms with Crippen molar-refractivity contribution >= 4 is 29.0 Å².